The second kappa shape index (κ2) is 9.00. The molecule has 0 amide bonds. The molecule has 1 aromatic carbocycles. The number of nitrogens with zero attached hydrogens (tertiary/aromatic N) is 1. The third-order valence-corrected chi connectivity index (χ3v) is 2.77. The minimum absolute atomic E-state index is 0.0174. The zero-order valence-electron chi connectivity index (χ0n) is 12.3. The lowest BCUT2D eigenvalue weighted by Gasteiger charge is -2.10. The van der Waals surface area contributed by atoms with Crippen molar-refractivity contribution in [2.75, 3.05) is 20.3 Å². The van der Waals surface area contributed by atoms with Crippen LogP contribution in [0.2, 0.25) is 0 Å². The molecule has 0 spiro atoms. The summed E-state index contributed by atoms with van der Waals surface area (Å²) in [5, 5.41) is 11.9. The van der Waals surface area contributed by atoms with Gasteiger partial charge in [0.15, 0.2) is 18.1 Å². The van der Waals surface area contributed by atoms with Crippen molar-refractivity contribution in [3.05, 3.63) is 29.8 Å². The van der Waals surface area contributed by atoms with Crippen molar-refractivity contribution in [1.82, 2.24) is 5.32 Å². The van der Waals surface area contributed by atoms with E-state index in [9.17, 15) is 0 Å². The zero-order valence-corrected chi connectivity index (χ0v) is 12.3. The van der Waals surface area contributed by atoms with Gasteiger partial charge in [-0.05, 0) is 37.6 Å². The number of nitriles is 1. The second-order valence-electron chi connectivity index (χ2n) is 4.46. The Labute approximate surface area is 121 Å². The monoisotopic (exact) mass is 274 g/mol. The highest BCUT2D eigenvalue weighted by atomic mass is 16.5. The number of methoxy groups -OCH3 is 1. The van der Waals surface area contributed by atoms with Gasteiger partial charge in [-0.15, -0.1) is 0 Å². The molecule has 4 nitrogen and oxygen atoms in total. The Hall–Kier alpha value is -1.99. The average Bonchev–Trinajstić information content (AvgIpc) is 2.49. The zero-order chi connectivity index (χ0) is 14.8. The number of ether oxygens (including phenoxy) is 2. The molecule has 0 radical (unpaired) electrons. The molecular weight excluding hydrogens is 252 g/mol. The van der Waals surface area contributed by atoms with Gasteiger partial charge in [0.25, 0.3) is 0 Å². The molecule has 20 heavy (non-hydrogen) atoms. The molecule has 0 aromatic heterocycles. The fourth-order valence-corrected chi connectivity index (χ4v) is 1.71. The van der Waals surface area contributed by atoms with Crippen molar-refractivity contribution in [2.24, 2.45) is 0 Å². The summed E-state index contributed by atoms with van der Waals surface area (Å²) in [7, 11) is 1.59. The first kappa shape index (κ1) is 16.1. The van der Waals surface area contributed by atoms with E-state index >= 15 is 0 Å². The molecule has 4 heteroatoms. The molecule has 0 fully saturated rings. The minimum Gasteiger partial charge on any atom is -0.493 e. The first-order chi connectivity index (χ1) is 9.71. The lowest BCUT2D eigenvalue weighted by Crippen LogP contribution is -2.24. The highest BCUT2D eigenvalue weighted by Crippen LogP contribution is 2.28. The maximum atomic E-state index is 8.53. The van der Waals surface area contributed by atoms with Crippen LogP contribution in [-0.2, 0) is 0 Å². The molecule has 0 aliphatic carbocycles. The summed E-state index contributed by atoms with van der Waals surface area (Å²) in [6.07, 6.45) is 5.28. The van der Waals surface area contributed by atoms with Crippen molar-refractivity contribution in [3.8, 4) is 17.6 Å². The molecule has 0 saturated carbocycles. The molecule has 1 unspecified atom stereocenters. The number of benzene rings is 1. The highest BCUT2D eigenvalue weighted by molar-refractivity contribution is 5.56. The highest BCUT2D eigenvalue weighted by Gasteiger charge is 2.04. The Morgan fingerprint density at radius 2 is 2.20 bits per heavy atom. The molecule has 0 saturated heterocycles. The average molecular weight is 274 g/mol. The van der Waals surface area contributed by atoms with Crippen molar-refractivity contribution in [3.63, 3.8) is 0 Å². The minimum atomic E-state index is 0.0174. The van der Waals surface area contributed by atoms with E-state index in [2.05, 4.69) is 25.2 Å². The SMILES string of the molecule is CCCNC(C)/C=C/c1ccc(OCC#N)c(OC)c1. The van der Waals surface area contributed by atoms with Crippen LogP contribution in [0.1, 0.15) is 25.8 Å². The number of rotatable bonds is 8. The summed E-state index contributed by atoms with van der Waals surface area (Å²) in [5.41, 5.74) is 1.04. The van der Waals surface area contributed by atoms with Gasteiger partial charge in [0.05, 0.1) is 7.11 Å². The molecule has 0 aliphatic rings. The van der Waals surface area contributed by atoms with Crippen LogP contribution in [0.4, 0.5) is 0 Å². The second-order valence-corrected chi connectivity index (χ2v) is 4.46. The molecular formula is C16H22N2O2. The number of hydrogen-bond donors (Lipinski definition) is 1. The third kappa shape index (κ3) is 5.33. The maximum Gasteiger partial charge on any atom is 0.174 e. The van der Waals surface area contributed by atoms with Crippen LogP contribution in [0, 0.1) is 11.3 Å². The summed E-state index contributed by atoms with van der Waals surface area (Å²) >= 11 is 0. The van der Waals surface area contributed by atoms with E-state index < -0.39 is 0 Å². The lowest BCUT2D eigenvalue weighted by atomic mass is 10.1. The Morgan fingerprint density at radius 3 is 2.85 bits per heavy atom. The first-order valence-electron chi connectivity index (χ1n) is 6.80. The maximum absolute atomic E-state index is 8.53. The van der Waals surface area contributed by atoms with Gasteiger partial charge in [0.2, 0.25) is 0 Å². The first-order valence-corrected chi connectivity index (χ1v) is 6.80. The quantitative estimate of drug-likeness (QED) is 0.791. The van der Waals surface area contributed by atoms with Crippen LogP contribution in [0.15, 0.2) is 24.3 Å². The third-order valence-electron chi connectivity index (χ3n) is 2.77. The van der Waals surface area contributed by atoms with E-state index in [4.69, 9.17) is 14.7 Å². The van der Waals surface area contributed by atoms with E-state index in [1.807, 2.05) is 30.3 Å². The molecule has 0 aliphatic heterocycles. The molecule has 0 bridgehead atoms. The predicted molar refractivity (Wildman–Crippen MR) is 80.9 cm³/mol. The van der Waals surface area contributed by atoms with Crippen LogP contribution in [-0.4, -0.2) is 26.3 Å². The van der Waals surface area contributed by atoms with Gasteiger partial charge in [-0.2, -0.15) is 5.26 Å². The molecule has 1 rings (SSSR count). The molecule has 0 heterocycles. The van der Waals surface area contributed by atoms with E-state index in [0.717, 1.165) is 18.5 Å². The van der Waals surface area contributed by atoms with Gasteiger partial charge in [-0.25, -0.2) is 0 Å². The summed E-state index contributed by atoms with van der Waals surface area (Å²) < 4.78 is 10.6. The predicted octanol–water partition coefficient (Wildman–Crippen LogP) is 3.00. The topological polar surface area (TPSA) is 54.3 Å². The van der Waals surface area contributed by atoms with Gasteiger partial charge in [-0.1, -0.05) is 25.1 Å². The standard InChI is InChI=1S/C16H22N2O2/c1-4-10-18-13(2)5-6-14-7-8-15(20-11-9-17)16(12-14)19-3/h5-8,12-13,18H,4,10-11H2,1-3H3/b6-5+. The smallest absolute Gasteiger partial charge is 0.174 e. The van der Waals surface area contributed by atoms with Gasteiger partial charge in [0, 0.05) is 6.04 Å². The van der Waals surface area contributed by atoms with Crippen molar-refractivity contribution in [2.45, 2.75) is 26.3 Å². The Balaban J connectivity index is 2.72. The molecule has 1 atom stereocenters. The Kier molecular flexibility index (Phi) is 7.23. The fourth-order valence-electron chi connectivity index (χ4n) is 1.71. The van der Waals surface area contributed by atoms with Crippen molar-refractivity contribution in [1.29, 1.82) is 5.26 Å². The molecule has 1 N–H and O–H groups in total. The van der Waals surface area contributed by atoms with Gasteiger partial charge in [-0.3, -0.25) is 0 Å². The van der Waals surface area contributed by atoms with Crippen LogP contribution < -0.4 is 14.8 Å². The number of nitrogens with one attached hydrogen (secondary N) is 1. The van der Waals surface area contributed by atoms with Gasteiger partial charge >= 0.3 is 0 Å². The van der Waals surface area contributed by atoms with E-state index in [1.54, 1.807) is 7.11 Å². The largest absolute Gasteiger partial charge is 0.493 e. The summed E-state index contributed by atoms with van der Waals surface area (Å²) in [5.74, 6) is 1.22. The van der Waals surface area contributed by atoms with Crippen LogP contribution in [0.3, 0.4) is 0 Å². The summed E-state index contributed by atoms with van der Waals surface area (Å²) in [4.78, 5) is 0. The summed E-state index contributed by atoms with van der Waals surface area (Å²) in [6.45, 7) is 5.29. The Bertz CT molecular complexity index is 478. The van der Waals surface area contributed by atoms with Crippen LogP contribution >= 0.6 is 0 Å². The molecule has 108 valence electrons. The normalized spacial score (nSPS) is 12.1. The van der Waals surface area contributed by atoms with E-state index in [-0.39, 0.29) is 6.61 Å². The lowest BCUT2D eigenvalue weighted by molar-refractivity contribution is 0.329. The van der Waals surface area contributed by atoms with Gasteiger partial charge < -0.3 is 14.8 Å². The molecule has 1 aromatic rings. The van der Waals surface area contributed by atoms with Crippen LogP contribution in [0.5, 0.6) is 11.5 Å². The van der Waals surface area contributed by atoms with Crippen LogP contribution in [0.25, 0.3) is 6.08 Å². The van der Waals surface area contributed by atoms with E-state index in [0.29, 0.717) is 17.5 Å². The van der Waals surface area contributed by atoms with Gasteiger partial charge in [0.1, 0.15) is 6.07 Å². The summed E-state index contributed by atoms with van der Waals surface area (Å²) in [6, 6.07) is 7.93. The number of hydrogen-bond acceptors (Lipinski definition) is 4. The Morgan fingerprint density at radius 1 is 1.40 bits per heavy atom. The van der Waals surface area contributed by atoms with Crippen molar-refractivity contribution < 1.29 is 9.47 Å². The van der Waals surface area contributed by atoms with Crippen molar-refractivity contribution >= 4 is 6.08 Å². The fraction of sp³-hybridized carbons (Fsp3) is 0.438. The van der Waals surface area contributed by atoms with E-state index in [1.165, 1.54) is 0 Å².